The topological polar surface area (TPSA) is 64.0 Å². The Kier molecular flexibility index (Phi) is 8.71. The normalized spacial score (nSPS) is 14.2. The van der Waals surface area contributed by atoms with Gasteiger partial charge in [-0.15, -0.1) is 0 Å². The molecule has 6 heteroatoms. The van der Waals surface area contributed by atoms with Gasteiger partial charge < -0.3 is 23.8 Å². The predicted octanol–water partition coefficient (Wildman–Crippen LogP) is 5.09. The lowest BCUT2D eigenvalue weighted by molar-refractivity contribution is 0.292. The fraction of sp³-hybridized carbons (Fsp3) is 0.519. The number of likely N-dealkylation sites (N-methyl/N-ethyl adjacent to an activating group) is 1. The molecule has 1 unspecified atom stereocenters. The van der Waals surface area contributed by atoms with E-state index in [9.17, 15) is 5.26 Å². The zero-order valence-electron chi connectivity index (χ0n) is 22.9. The van der Waals surface area contributed by atoms with Crippen molar-refractivity contribution >= 4 is 0 Å². The van der Waals surface area contributed by atoms with Crippen LogP contribution in [0.5, 0.6) is 23.0 Å². The van der Waals surface area contributed by atoms with Crippen LogP contribution in [0, 0.1) is 17.2 Å². The minimum absolute atomic E-state index is 0.0550. The summed E-state index contributed by atoms with van der Waals surface area (Å²) in [4.78, 5) is 1.71. The summed E-state index contributed by atoms with van der Waals surface area (Å²) in [5.41, 5.74) is 0.971. The van der Waals surface area contributed by atoms with Crippen LogP contribution in [0.2, 0.25) is 0 Å². The van der Waals surface area contributed by atoms with Gasteiger partial charge in [-0.2, -0.15) is 5.26 Å². The average Bonchev–Trinajstić information content (AvgIpc) is 2.85. The van der Waals surface area contributed by atoms with E-state index in [2.05, 4.69) is 6.07 Å². The maximum atomic E-state index is 10.3. The Morgan fingerprint density at radius 2 is 1.52 bits per heavy atom. The monoisotopic (exact) mass is 456 g/mol. The summed E-state index contributed by atoms with van der Waals surface area (Å²) in [7, 11) is 8.09. The number of benzene rings is 2. The van der Waals surface area contributed by atoms with Crippen LogP contribution >= 0.6 is 0 Å². The van der Waals surface area contributed by atoms with Gasteiger partial charge in [0.05, 0.1) is 39.9 Å². The molecule has 0 bridgehead atoms. The summed E-state index contributed by atoms with van der Waals surface area (Å²) < 4.78 is 38.7. The van der Waals surface area contributed by atoms with Gasteiger partial charge in [0.1, 0.15) is 0 Å². The molecule has 0 N–H and O–H groups in total. The van der Waals surface area contributed by atoms with E-state index in [0.717, 1.165) is 11.1 Å². The summed E-state index contributed by atoms with van der Waals surface area (Å²) in [6.45, 7) is 3.01. The second kappa shape index (κ2) is 12.4. The zero-order chi connectivity index (χ0) is 26.2. The molecule has 180 valence electrons. The molecule has 0 heterocycles. The Morgan fingerprint density at radius 1 is 0.939 bits per heavy atom. The lowest BCUT2D eigenvalue weighted by Crippen LogP contribution is -2.32. The number of aryl methyl sites for hydroxylation is 1. The maximum Gasteiger partial charge on any atom is 0.161 e. The Bertz CT molecular complexity index is 1020. The number of ether oxygens (including phenoxy) is 4. The van der Waals surface area contributed by atoms with Crippen molar-refractivity contribution in [3.8, 4) is 29.1 Å². The van der Waals surface area contributed by atoms with E-state index in [-0.39, 0.29) is 12.3 Å². The summed E-state index contributed by atoms with van der Waals surface area (Å²) in [6.07, 6.45) is 1.45. The molecule has 0 saturated carbocycles. The van der Waals surface area contributed by atoms with Crippen LogP contribution in [0.4, 0.5) is 0 Å². The van der Waals surface area contributed by atoms with Crippen LogP contribution in [-0.2, 0) is 11.8 Å². The number of methoxy groups -OCH3 is 4. The number of hydrogen-bond acceptors (Lipinski definition) is 6. The molecule has 2 aromatic carbocycles. The lowest BCUT2D eigenvalue weighted by Gasteiger charge is -2.32. The molecule has 2 aromatic rings. The highest BCUT2D eigenvalue weighted by molar-refractivity contribution is 5.47. The third kappa shape index (κ3) is 6.33. The van der Waals surface area contributed by atoms with Crippen LogP contribution < -0.4 is 18.9 Å². The standard InChI is InChI=1S/C27H38N2O4/c1-20(2)27(19-28,22-10-12-24(31-5)26(18-22)33-7)14-8-15-29(3)16-13-21-9-11-23(30-4)25(17-21)32-6/h9-12,17-18,20H,8,13-16H2,1-7H3/i16D2. The largest absolute Gasteiger partial charge is 0.493 e. The molecule has 0 aliphatic rings. The number of nitriles is 1. The third-order valence-corrected chi connectivity index (χ3v) is 6.15. The summed E-state index contributed by atoms with van der Waals surface area (Å²) in [5.74, 6) is 2.46. The van der Waals surface area contributed by atoms with Crippen molar-refractivity contribution in [2.45, 2.75) is 38.5 Å². The highest BCUT2D eigenvalue weighted by Gasteiger charge is 2.36. The van der Waals surface area contributed by atoms with E-state index in [0.29, 0.717) is 42.4 Å². The van der Waals surface area contributed by atoms with Crippen LogP contribution in [-0.4, -0.2) is 53.4 Å². The van der Waals surface area contributed by atoms with Gasteiger partial charge in [0, 0.05) is 9.24 Å². The number of nitrogens with zero attached hydrogens (tertiary/aromatic N) is 2. The van der Waals surface area contributed by atoms with Gasteiger partial charge in [-0.1, -0.05) is 26.0 Å². The molecule has 0 aliphatic carbocycles. The highest BCUT2D eigenvalue weighted by atomic mass is 16.5. The van der Waals surface area contributed by atoms with E-state index >= 15 is 0 Å². The summed E-state index contributed by atoms with van der Waals surface area (Å²) in [5, 5.41) is 10.3. The molecule has 0 radical (unpaired) electrons. The van der Waals surface area contributed by atoms with Gasteiger partial charge in [-0.05, 0) is 74.2 Å². The maximum absolute atomic E-state index is 10.3. The van der Waals surface area contributed by atoms with E-state index in [1.807, 2.05) is 38.1 Å². The molecule has 33 heavy (non-hydrogen) atoms. The van der Waals surface area contributed by atoms with E-state index in [1.54, 1.807) is 52.5 Å². The van der Waals surface area contributed by atoms with Crippen molar-refractivity contribution in [1.29, 1.82) is 5.26 Å². The van der Waals surface area contributed by atoms with Gasteiger partial charge in [0.25, 0.3) is 0 Å². The highest BCUT2D eigenvalue weighted by Crippen LogP contribution is 2.40. The molecule has 0 aliphatic heterocycles. The zero-order valence-corrected chi connectivity index (χ0v) is 20.9. The quantitative estimate of drug-likeness (QED) is 0.418. The van der Waals surface area contributed by atoms with Gasteiger partial charge in [0.2, 0.25) is 0 Å². The van der Waals surface area contributed by atoms with E-state index < -0.39 is 11.9 Å². The third-order valence-electron chi connectivity index (χ3n) is 6.15. The molecule has 0 spiro atoms. The van der Waals surface area contributed by atoms with Crippen molar-refractivity contribution < 1.29 is 21.7 Å². The SMILES string of the molecule is [2H]C([2H])(Cc1ccc(OC)c(OC)c1)N(C)CCCC(C#N)(c1ccc(OC)c(OC)c1)C(C)C. The first-order valence-electron chi connectivity index (χ1n) is 12.1. The van der Waals surface area contributed by atoms with E-state index in [1.165, 1.54) is 0 Å². The Morgan fingerprint density at radius 3 is 2.06 bits per heavy atom. The first-order chi connectivity index (χ1) is 16.6. The first-order valence-corrected chi connectivity index (χ1v) is 11.1. The van der Waals surface area contributed by atoms with Crippen molar-refractivity contribution in [3.63, 3.8) is 0 Å². The predicted molar refractivity (Wildman–Crippen MR) is 132 cm³/mol. The minimum atomic E-state index is -1.57. The van der Waals surface area contributed by atoms with Gasteiger partial charge >= 0.3 is 0 Å². The molecule has 6 nitrogen and oxygen atoms in total. The molecule has 0 saturated heterocycles. The molecule has 0 fully saturated rings. The van der Waals surface area contributed by atoms with Crippen LogP contribution in [0.1, 0.15) is 40.6 Å². The van der Waals surface area contributed by atoms with Crippen molar-refractivity contribution in [3.05, 3.63) is 47.5 Å². The Hall–Kier alpha value is -2.91. The summed E-state index contributed by atoms with van der Waals surface area (Å²) >= 11 is 0. The van der Waals surface area contributed by atoms with Crippen LogP contribution in [0.3, 0.4) is 0 Å². The number of rotatable bonds is 13. The summed E-state index contributed by atoms with van der Waals surface area (Å²) in [6, 6.07) is 13.6. The van der Waals surface area contributed by atoms with Crippen LogP contribution in [0.15, 0.2) is 36.4 Å². The van der Waals surface area contributed by atoms with Gasteiger partial charge in [0.15, 0.2) is 23.0 Å². The van der Waals surface area contributed by atoms with Gasteiger partial charge in [-0.25, -0.2) is 0 Å². The fourth-order valence-electron chi connectivity index (χ4n) is 4.02. The van der Waals surface area contributed by atoms with Crippen molar-refractivity contribution in [2.24, 2.45) is 5.92 Å². The van der Waals surface area contributed by atoms with Crippen molar-refractivity contribution in [1.82, 2.24) is 4.90 Å². The fourth-order valence-corrected chi connectivity index (χ4v) is 4.02. The first kappa shape index (κ1) is 23.3. The molecule has 0 aromatic heterocycles. The van der Waals surface area contributed by atoms with Crippen LogP contribution in [0.25, 0.3) is 0 Å². The number of hydrogen-bond donors (Lipinski definition) is 0. The minimum Gasteiger partial charge on any atom is -0.493 e. The molecular formula is C27H38N2O4. The molecule has 0 amide bonds. The van der Waals surface area contributed by atoms with E-state index in [4.69, 9.17) is 21.7 Å². The molecule has 2 rings (SSSR count). The second-order valence-electron chi connectivity index (χ2n) is 8.36. The smallest absolute Gasteiger partial charge is 0.161 e. The average molecular weight is 457 g/mol. The van der Waals surface area contributed by atoms with Gasteiger partial charge in [-0.3, -0.25) is 0 Å². The second-order valence-corrected chi connectivity index (χ2v) is 8.36. The Labute approximate surface area is 201 Å². The Balaban J connectivity index is 2.15. The molecular weight excluding hydrogens is 416 g/mol. The lowest BCUT2D eigenvalue weighted by atomic mass is 9.69. The molecule has 1 atom stereocenters. The van der Waals surface area contributed by atoms with Crippen molar-refractivity contribution in [2.75, 3.05) is 48.5 Å².